The summed E-state index contributed by atoms with van der Waals surface area (Å²) in [5.74, 6) is 0. The first-order chi connectivity index (χ1) is 9.66. The molecule has 0 aliphatic rings. The van der Waals surface area contributed by atoms with Gasteiger partial charge in [0.15, 0.2) is 0 Å². The molecule has 0 saturated heterocycles. The van der Waals surface area contributed by atoms with Gasteiger partial charge in [0.2, 0.25) is 0 Å². The molecule has 0 aliphatic carbocycles. The van der Waals surface area contributed by atoms with Crippen molar-refractivity contribution in [1.82, 2.24) is 0 Å². The van der Waals surface area contributed by atoms with Crippen LogP contribution in [0.2, 0.25) is 0 Å². The van der Waals surface area contributed by atoms with Gasteiger partial charge in [-0.25, -0.2) is 0 Å². The fraction of sp³-hybridized carbons (Fsp3) is 1.00. The van der Waals surface area contributed by atoms with Crippen LogP contribution in [0.1, 0.15) is 53.4 Å². The maximum atomic E-state index is 8.62. The average Bonchev–Trinajstić information content (AvgIpc) is 2.45. The van der Waals surface area contributed by atoms with Crippen molar-refractivity contribution in [3.8, 4) is 0 Å². The molecule has 0 aromatic heterocycles. The van der Waals surface area contributed by atoms with Gasteiger partial charge in [-0.3, -0.25) is 0 Å². The zero-order valence-corrected chi connectivity index (χ0v) is 16.2. The van der Waals surface area contributed by atoms with Gasteiger partial charge >= 0.3 is 32.9 Å². The topological polar surface area (TPSA) is 203 Å². The summed E-state index contributed by atoms with van der Waals surface area (Å²) in [5.41, 5.74) is 14.4. The van der Waals surface area contributed by atoms with Gasteiger partial charge in [0, 0.05) is 0 Å². The molecule has 0 rings (SSSR count). The molecular formula is C12H40N4O4Ti. The summed E-state index contributed by atoms with van der Waals surface area (Å²) in [4.78, 5) is 0. The molecule has 0 atom stereocenters. The quantitative estimate of drug-likeness (QED) is 0.364. The minimum absolute atomic E-state index is 1.07. The average molecular weight is 352 g/mol. The van der Waals surface area contributed by atoms with Gasteiger partial charge in [0.1, 0.15) is 0 Å². The van der Waals surface area contributed by atoms with E-state index >= 15 is 0 Å². The van der Waals surface area contributed by atoms with Gasteiger partial charge in [-0.1, -0.05) is 27.7 Å². The molecule has 0 aromatic carbocycles. The molecule has 0 aromatic rings. The molecule has 0 aliphatic heterocycles. The molecule has 0 saturated carbocycles. The normalized spacial score (nSPS) is 8.57. The predicted molar refractivity (Wildman–Crippen MR) is 72.2 cm³/mol. The third-order valence-corrected chi connectivity index (χ3v) is 1.41. The van der Waals surface area contributed by atoms with E-state index in [-0.39, 0.29) is 0 Å². The molecule has 136 valence electrons. The first-order valence-corrected chi connectivity index (χ1v) is 10.2. The van der Waals surface area contributed by atoms with Crippen LogP contribution in [0.15, 0.2) is 0 Å². The van der Waals surface area contributed by atoms with Crippen molar-refractivity contribution < 1.29 is 55.8 Å². The standard InChI is InChI=1S/4C3H9N.4O.Ti/c4*1-2-3-4;;;;;/h4*2-4H2,1H3;;;;;/q;;;;4*-1;/p+4. The van der Waals surface area contributed by atoms with Crippen molar-refractivity contribution >= 4 is 0 Å². The van der Waals surface area contributed by atoms with E-state index in [0.717, 1.165) is 26.2 Å². The fourth-order valence-electron chi connectivity index (χ4n) is 0. The molecule has 8 nitrogen and oxygen atoms in total. The molecule has 0 heterocycles. The van der Waals surface area contributed by atoms with Crippen LogP contribution in [0.3, 0.4) is 0 Å². The Morgan fingerprint density at radius 1 is 0.524 bits per heavy atom. The maximum absolute atomic E-state index is 8.62. The van der Waals surface area contributed by atoms with Gasteiger partial charge < -0.3 is 22.9 Å². The van der Waals surface area contributed by atoms with Crippen LogP contribution in [-0.4, -0.2) is 26.2 Å². The first-order valence-electron chi connectivity index (χ1n) is 7.64. The molecule has 0 spiro atoms. The zero-order chi connectivity index (χ0) is 18.2. The van der Waals surface area contributed by atoms with Gasteiger partial charge in [0.05, 0.1) is 26.2 Å². The molecular weight excluding hydrogens is 312 g/mol. The van der Waals surface area contributed by atoms with Crippen molar-refractivity contribution in [2.75, 3.05) is 26.2 Å². The Kier molecular flexibility index (Phi) is 58.4. The molecule has 0 fully saturated rings. The number of hydrogen-bond acceptors (Lipinski definition) is 4. The molecule has 0 radical (unpaired) electrons. The van der Waals surface area contributed by atoms with Gasteiger partial charge in [-0.05, 0) is 25.7 Å². The van der Waals surface area contributed by atoms with Crippen LogP contribution in [0.5, 0.6) is 0 Å². The fourth-order valence-corrected chi connectivity index (χ4v) is 0. The van der Waals surface area contributed by atoms with E-state index < -0.39 is 18.1 Å². The molecule has 0 bridgehead atoms. The van der Waals surface area contributed by atoms with Crippen molar-refractivity contribution in [2.45, 2.75) is 53.4 Å². The predicted octanol–water partition coefficient (Wildman–Crippen LogP) is -6.21. The Labute approximate surface area is 135 Å². The van der Waals surface area contributed by atoms with E-state index in [9.17, 15) is 0 Å². The number of hydrogen-bond donors (Lipinski definition) is 4. The summed E-state index contributed by atoms with van der Waals surface area (Å²) in [6.45, 7) is 12.8. The number of quaternary nitrogens is 4. The SMILES string of the molecule is CCC[NH3+].CCC[NH3+].CCC[NH3+].CCC[NH3+].[O-][Ti]([O-])([O-])[O-]. The summed E-state index contributed by atoms with van der Waals surface area (Å²) >= 11 is -6.00. The first kappa shape index (κ1) is 33.1. The molecule has 0 amide bonds. The van der Waals surface area contributed by atoms with E-state index in [1.54, 1.807) is 0 Å². The van der Waals surface area contributed by atoms with E-state index in [1.165, 1.54) is 25.7 Å². The summed E-state index contributed by atoms with van der Waals surface area (Å²) < 4.78 is 34.5. The molecule has 9 heteroatoms. The Bertz CT molecular complexity index is 100. The molecule has 21 heavy (non-hydrogen) atoms. The van der Waals surface area contributed by atoms with Gasteiger partial charge in [-0.15, -0.1) is 0 Å². The molecule has 0 unspecified atom stereocenters. The van der Waals surface area contributed by atoms with Gasteiger partial charge in [-0.2, -0.15) is 0 Å². The van der Waals surface area contributed by atoms with Gasteiger partial charge in [0.25, 0.3) is 0 Å². The second kappa shape index (κ2) is 37.0. The van der Waals surface area contributed by atoms with Crippen molar-refractivity contribution in [3.05, 3.63) is 0 Å². The number of rotatable bonds is 4. The van der Waals surface area contributed by atoms with Crippen LogP contribution < -0.4 is 37.7 Å². The monoisotopic (exact) mass is 352 g/mol. The van der Waals surface area contributed by atoms with Crippen LogP contribution >= 0.6 is 0 Å². The van der Waals surface area contributed by atoms with E-state index in [4.69, 9.17) is 14.8 Å². The van der Waals surface area contributed by atoms with Crippen molar-refractivity contribution in [2.24, 2.45) is 0 Å². The summed E-state index contributed by atoms with van der Waals surface area (Å²) in [6.07, 6.45) is 4.83. The summed E-state index contributed by atoms with van der Waals surface area (Å²) in [6, 6.07) is 0. The third-order valence-electron chi connectivity index (χ3n) is 1.41. The van der Waals surface area contributed by atoms with Crippen LogP contribution in [0.4, 0.5) is 0 Å². The van der Waals surface area contributed by atoms with E-state index in [1.807, 2.05) is 0 Å². The summed E-state index contributed by atoms with van der Waals surface area (Å²) in [5, 5.41) is 0. The van der Waals surface area contributed by atoms with Crippen LogP contribution in [0, 0.1) is 0 Å². The third kappa shape index (κ3) is 357. The molecule has 12 N–H and O–H groups in total. The Morgan fingerprint density at radius 2 is 0.571 bits per heavy atom. The Hall–Kier alpha value is 0.394. The summed E-state index contributed by atoms with van der Waals surface area (Å²) in [7, 11) is 0. The minimum atomic E-state index is -6.00. The van der Waals surface area contributed by atoms with E-state index in [0.29, 0.717) is 0 Å². The zero-order valence-electron chi connectivity index (χ0n) is 14.6. The van der Waals surface area contributed by atoms with Crippen molar-refractivity contribution in [3.63, 3.8) is 0 Å². The Balaban J connectivity index is -0.0000000510. The Morgan fingerprint density at radius 3 is 0.571 bits per heavy atom. The second-order valence-corrected chi connectivity index (χ2v) is 5.48. The van der Waals surface area contributed by atoms with Crippen LogP contribution in [-0.2, 0) is 18.1 Å². The van der Waals surface area contributed by atoms with Crippen molar-refractivity contribution in [1.29, 1.82) is 0 Å². The van der Waals surface area contributed by atoms with E-state index in [2.05, 4.69) is 50.6 Å². The second-order valence-electron chi connectivity index (χ2n) is 3.91. The van der Waals surface area contributed by atoms with Crippen LogP contribution in [0.25, 0.3) is 0 Å².